The SMILES string of the molecule is O=C(NCCc1c[nH]c2ccccc12)c1cc2c(=O)c3ccccc3oc2o1. The lowest BCUT2D eigenvalue weighted by Gasteiger charge is -2.02. The summed E-state index contributed by atoms with van der Waals surface area (Å²) in [6.45, 7) is 0.446. The van der Waals surface area contributed by atoms with Gasteiger partial charge in [0, 0.05) is 29.7 Å². The van der Waals surface area contributed by atoms with Gasteiger partial charge in [0.05, 0.1) is 5.39 Å². The molecule has 0 saturated carbocycles. The molecule has 0 aliphatic rings. The summed E-state index contributed by atoms with van der Waals surface area (Å²) >= 11 is 0. The fourth-order valence-electron chi connectivity index (χ4n) is 3.44. The van der Waals surface area contributed by atoms with Crippen LogP contribution in [0.3, 0.4) is 0 Å². The van der Waals surface area contributed by atoms with Crippen LogP contribution in [0.5, 0.6) is 0 Å². The quantitative estimate of drug-likeness (QED) is 0.499. The number of hydrogen-bond acceptors (Lipinski definition) is 4. The zero-order valence-electron chi connectivity index (χ0n) is 14.8. The van der Waals surface area contributed by atoms with Gasteiger partial charge in [-0.15, -0.1) is 0 Å². The number of nitrogens with one attached hydrogen (secondary N) is 2. The Morgan fingerprint density at radius 3 is 2.64 bits per heavy atom. The number of para-hydroxylation sites is 2. The highest BCUT2D eigenvalue weighted by Crippen LogP contribution is 2.22. The maximum absolute atomic E-state index is 12.6. The Morgan fingerprint density at radius 2 is 1.75 bits per heavy atom. The Bertz CT molecular complexity index is 1390. The molecule has 6 heteroatoms. The summed E-state index contributed by atoms with van der Waals surface area (Å²) in [7, 11) is 0. The molecule has 28 heavy (non-hydrogen) atoms. The number of fused-ring (bicyclic) bond motifs is 3. The highest BCUT2D eigenvalue weighted by Gasteiger charge is 2.17. The largest absolute Gasteiger partial charge is 0.425 e. The molecule has 5 aromatic rings. The third kappa shape index (κ3) is 2.66. The minimum absolute atomic E-state index is 0.0603. The molecular formula is C22H16N2O4. The number of carbonyl (C=O) groups is 1. The highest BCUT2D eigenvalue weighted by molar-refractivity contribution is 5.97. The molecule has 6 nitrogen and oxygen atoms in total. The summed E-state index contributed by atoms with van der Waals surface area (Å²) in [5, 5.41) is 4.70. The first kappa shape index (κ1) is 16.4. The molecule has 3 aromatic heterocycles. The number of carbonyl (C=O) groups excluding carboxylic acids is 1. The molecule has 0 fully saturated rings. The Balaban J connectivity index is 1.36. The third-order valence-corrected chi connectivity index (χ3v) is 4.86. The van der Waals surface area contributed by atoms with Gasteiger partial charge in [-0.2, -0.15) is 0 Å². The summed E-state index contributed by atoms with van der Waals surface area (Å²) in [6, 6.07) is 16.4. The van der Waals surface area contributed by atoms with Gasteiger partial charge in [-0.25, -0.2) is 0 Å². The van der Waals surface area contributed by atoms with E-state index in [1.54, 1.807) is 24.3 Å². The van der Waals surface area contributed by atoms with Crippen LogP contribution in [0, 0.1) is 0 Å². The maximum Gasteiger partial charge on any atom is 0.302 e. The topological polar surface area (TPSA) is 88.2 Å². The van der Waals surface area contributed by atoms with Gasteiger partial charge in [0.15, 0.2) is 5.76 Å². The minimum Gasteiger partial charge on any atom is -0.425 e. The molecule has 1 amide bonds. The van der Waals surface area contributed by atoms with Crippen molar-refractivity contribution in [2.45, 2.75) is 6.42 Å². The Kier molecular flexibility index (Phi) is 3.76. The molecule has 0 bridgehead atoms. The summed E-state index contributed by atoms with van der Waals surface area (Å²) in [6.07, 6.45) is 2.63. The van der Waals surface area contributed by atoms with E-state index < -0.39 is 0 Å². The summed E-state index contributed by atoms with van der Waals surface area (Å²) in [5.41, 5.74) is 2.42. The maximum atomic E-state index is 12.6. The first-order valence-electron chi connectivity index (χ1n) is 8.99. The second-order valence-corrected chi connectivity index (χ2v) is 6.60. The number of aromatic nitrogens is 1. The van der Waals surface area contributed by atoms with E-state index in [1.165, 1.54) is 6.07 Å². The Morgan fingerprint density at radius 1 is 0.964 bits per heavy atom. The third-order valence-electron chi connectivity index (χ3n) is 4.86. The van der Waals surface area contributed by atoms with Crippen molar-refractivity contribution in [2.75, 3.05) is 6.54 Å². The zero-order valence-corrected chi connectivity index (χ0v) is 14.8. The fraction of sp³-hybridized carbons (Fsp3) is 0.0909. The molecule has 0 radical (unpaired) electrons. The fourth-order valence-corrected chi connectivity index (χ4v) is 3.44. The van der Waals surface area contributed by atoms with Gasteiger partial charge in [0.1, 0.15) is 11.0 Å². The highest BCUT2D eigenvalue weighted by atomic mass is 16.5. The van der Waals surface area contributed by atoms with Crippen molar-refractivity contribution < 1.29 is 13.6 Å². The van der Waals surface area contributed by atoms with E-state index in [1.807, 2.05) is 30.5 Å². The lowest BCUT2D eigenvalue weighted by atomic mass is 10.1. The van der Waals surface area contributed by atoms with Gasteiger partial charge in [-0.3, -0.25) is 9.59 Å². The summed E-state index contributed by atoms with van der Waals surface area (Å²) in [4.78, 5) is 28.2. The van der Waals surface area contributed by atoms with E-state index >= 15 is 0 Å². The van der Waals surface area contributed by atoms with Crippen molar-refractivity contribution in [2.24, 2.45) is 0 Å². The van der Waals surface area contributed by atoms with Gasteiger partial charge < -0.3 is 19.1 Å². The van der Waals surface area contributed by atoms with Crippen LogP contribution in [0.15, 0.2) is 74.4 Å². The first-order chi connectivity index (χ1) is 13.7. The van der Waals surface area contributed by atoms with Gasteiger partial charge in [-0.1, -0.05) is 30.3 Å². The van der Waals surface area contributed by atoms with Crippen LogP contribution < -0.4 is 10.7 Å². The average Bonchev–Trinajstić information content (AvgIpc) is 3.33. The lowest BCUT2D eigenvalue weighted by Crippen LogP contribution is -2.25. The molecule has 0 aliphatic heterocycles. The monoisotopic (exact) mass is 372 g/mol. The predicted octanol–water partition coefficient (Wildman–Crippen LogP) is 3.99. The van der Waals surface area contributed by atoms with Gasteiger partial charge in [-0.05, 0) is 30.2 Å². The van der Waals surface area contributed by atoms with Crippen molar-refractivity contribution in [3.63, 3.8) is 0 Å². The van der Waals surface area contributed by atoms with Crippen LogP contribution in [0.4, 0.5) is 0 Å². The van der Waals surface area contributed by atoms with Crippen molar-refractivity contribution >= 4 is 38.9 Å². The zero-order chi connectivity index (χ0) is 19.1. The van der Waals surface area contributed by atoms with E-state index in [9.17, 15) is 9.59 Å². The van der Waals surface area contributed by atoms with Crippen LogP contribution in [0.1, 0.15) is 16.1 Å². The number of amides is 1. The molecule has 2 N–H and O–H groups in total. The standard InChI is InChI=1S/C22H16N2O4/c25-20-15-6-2-4-8-18(15)27-22-16(20)11-19(28-22)21(26)23-10-9-13-12-24-17-7-3-1-5-14(13)17/h1-8,11-12,24H,9-10H2,(H,23,26). The number of rotatable bonds is 4. The first-order valence-corrected chi connectivity index (χ1v) is 8.99. The molecule has 5 rings (SSSR count). The van der Waals surface area contributed by atoms with E-state index in [0.717, 1.165) is 16.5 Å². The summed E-state index contributed by atoms with van der Waals surface area (Å²) in [5.74, 6) is -0.259. The van der Waals surface area contributed by atoms with Crippen molar-refractivity contribution in [1.82, 2.24) is 10.3 Å². The van der Waals surface area contributed by atoms with E-state index in [-0.39, 0.29) is 28.3 Å². The molecule has 138 valence electrons. The molecule has 0 unspecified atom stereocenters. The number of hydrogen-bond donors (Lipinski definition) is 2. The average molecular weight is 372 g/mol. The molecule has 0 aliphatic carbocycles. The number of H-pyrrole nitrogens is 1. The minimum atomic E-state index is -0.380. The molecule has 2 aromatic carbocycles. The molecule has 0 atom stereocenters. The van der Waals surface area contributed by atoms with Crippen molar-refractivity contribution in [3.8, 4) is 0 Å². The normalized spacial score (nSPS) is 11.4. The van der Waals surface area contributed by atoms with Gasteiger partial charge in [0.25, 0.3) is 5.91 Å². The molecular weight excluding hydrogens is 356 g/mol. The molecule has 0 spiro atoms. The number of benzene rings is 2. The number of aromatic amines is 1. The van der Waals surface area contributed by atoms with E-state index in [4.69, 9.17) is 8.83 Å². The molecule has 3 heterocycles. The number of furan rings is 1. The molecule has 0 saturated heterocycles. The van der Waals surface area contributed by atoms with Gasteiger partial charge in [0.2, 0.25) is 5.43 Å². The van der Waals surface area contributed by atoms with Crippen molar-refractivity contribution in [1.29, 1.82) is 0 Å². The van der Waals surface area contributed by atoms with Crippen LogP contribution in [0.25, 0.3) is 33.0 Å². The van der Waals surface area contributed by atoms with Crippen LogP contribution in [-0.4, -0.2) is 17.4 Å². The van der Waals surface area contributed by atoms with E-state index in [0.29, 0.717) is 23.9 Å². The van der Waals surface area contributed by atoms with Gasteiger partial charge >= 0.3 is 5.78 Å². The van der Waals surface area contributed by atoms with Crippen LogP contribution in [0.2, 0.25) is 0 Å². The van der Waals surface area contributed by atoms with Crippen LogP contribution >= 0.6 is 0 Å². The van der Waals surface area contributed by atoms with E-state index in [2.05, 4.69) is 10.3 Å². The second kappa shape index (κ2) is 6.42. The second-order valence-electron chi connectivity index (χ2n) is 6.60. The Labute approximate surface area is 158 Å². The van der Waals surface area contributed by atoms with Crippen molar-refractivity contribution in [3.05, 3.63) is 82.3 Å². The lowest BCUT2D eigenvalue weighted by molar-refractivity contribution is 0.0927. The smallest absolute Gasteiger partial charge is 0.302 e. The predicted molar refractivity (Wildman–Crippen MR) is 107 cm³/mol. The Hall–Kier alpha value is -3.80. The van der Waals surface area contributed by atoms with Crippen LogP contribution in [-0.2, 0) is 6.42 Å². The summed E-state index contributed by atoms with van der Waals surface area (Å²) < 4.78 is 11.1.